The van der Waals surface area contributed by atoms with E-state index in [2.05, 4.69) is 31.0 Å². The molecule has 0 aliphatic rings. The molecule has 0 bridgehead atoms. The van der Waals surface area contributed by atoms with Crippen LogP contribution >= 0.6 is 0 Å². The van der Waals surface area contributed by atoms with Gasteiger partial charge >= 0.3 is 0 Å². The first-order chi connectivity index (χ1) is 11.5. The van der Waals surface area contributed by atoms with Crippen LogP contribution in [-0.2, 0) is 0 Å². The highest BCUT2D eigenvalue weighted by molar-refractivity contribution is 5.86. The van der Waals surface area contributed by atoms with E-state index < -0.39 is 0 Å². The number of aryl methyl sites for hydroxylation is 1. The van der Waals surface area contributed by atoms with E-state index in [0.29, 0.717) is 0 Å². The zero-order valence-electron chi connectivity index (χ0n) is 15.1. The standard InChI is InChI=1S/C22H25NO/c1-6-17(4)15-22(23-16(2)3)19-9-13-21(14-10-19)24-20-11-7-18(5)8-12-20/h6-15H,1-5H3/b17-6-,22-15-. The molecule has 0 aromatic heterocycles. The van der Waals surface area contributed by atoms with Crippen LogP contribution in [0.5, 0.6) is 11.5 Å². The minimum atomic E-state index is 0.821. The average molecular weight is 319 g/mol. The maximum absolute atomic E-state index is 5.88. The summed E-state index contributed by atoms with van der Waals surface area (Å²) in [5.41, 5.74) is 5.49. The maximum atomic E-state index is 5.88. The lowest BCUT2D eigenvalue weighted by Crippen LogP contribution is -1.89. The molecule has 2 heteroatoms. The van der Waals surface area contributed by atoms with Crippen LogP contribution in [0.3, 0.4) is 0 Å². The van der Waals surface area contributed by atoms with Crippen molar-refractivity contribution in [2.75, 3.05) is 0 Å². The van der Waals surface area contributed by atoms with E-state index in [1.54, 1.807) is 0 Å². The second-order valence-corrected chi connectivity index (χ2v) is 6.06. The summed E-state index contributed by atoms with van der Waals surface area (Å²) < 4.78 is 5.88. The molecule has 0 aliphatic heterocycles. The molecule has 0 saturated carbocycles. The number of hydrogen-bond donors (Lipinski definition) is 0. The van der Waals surface area contributed by atoms with Gasteiger partial charge in [0.05, 0.1) is 5.70 Å². The van der Waals surface area contributed by atoms with E-state index in [9.17, 15) is 0 Å². The molecule has 0 aliphatic carbocycles. The molecule has 2 aromatic rings. The summed E-state index contributed by atoms with van der Waals surface area (Å²) in [5.74, 6) is 1.67. The van der Waals surface area contributed by atoms with Crippen LogP contribution in [-0.4, -0.2) is 5.71 Å². The normalized spacial score (nSPS) is 12.0. The van der Waals surface area contributed by atoms with Crippen molar-refractivity contribution in [3.63, 3.8) is 0 Å². The zero-order chi connectivity index (χ0) is 17.5. The Hall–Kier alpha value is -2.61. The van der Waals surface area contributed by atoms with Crippen molar-refractivity contribution in [1.29, 1.82) is 0 Å². The molecule has 0 N–H and O–H groups in total. The summed E-state index contributed by atoms with van der Waals surface area (Å²) in [4.78, 5) is 4.65. The molecular weight excluding hydrogens is 294 g/mol. The third-order valence-electron chi connectivity index (χ3n) is 3.57. The number of allylic oxidation sites excluding steroid dienone is 3. The molecule has 0 amide bonds. The van der Waals surface area contributed by atoms with Crippen LogP contribution in [0, 0.1) is 6.92 Å². The first kappa shape index (κ1) is 17.7. The van der Waals surface area contributed by atoms with Crippen LogP contribution in [0.15, 0.2) is 71.2 Å². The molecule has 2 aromatic carbocycles. The van der Waals surface area contributed by atoms with Gasteiger partial charge in [0.25, 0.3) is 0 Å². The van der Waals surface area contributed by atoms with Crippen molar-refractivity contribution in [3.8, 4) is 11.5 Å². The Labute approximate surface area is 145 Å². The van der Waals surface area contributed by atoms with Crippen molar-refractivity contribution in [2.24, 2.45) is 4.99 Å². The molecular formula is C22H25NO. The lowest BCUT2D eigenvalue weighted by atomic mass is 10.1. The van der Waals surface area contributed by atoms with Gasteiger partial charge < -0.3 is 4.74 Å². The lowest BCUT2D eigenvalue weighted by Gasteiger charge is -2.08. The Morgan fingerprint density at radius 1 is 0.875 bits per heavy atom. The minimum absolute atomic E-state index is 0.821. The highest BCUT2D eigenvalue weighted by atomic mass is 16.5. The van der Waals surface area contributed by atoms with E-state index >= 15 is 0 Å². The molecule has 0 spiro atoms. The van der Waals surface area contributed by atoms with Crippen LogP contribution < -0.4 is 4.74 Å². The van der Waals surface area contributed by atoms with E-state index in [4.69, 9.17) is 4.74 Å². The summed E-state index contributed by atoms with van der Waals surface area (Å²) in [6.45, 7) is 10.2. The number of ether oxygens (including phenoxy) is 1. The number of rotatable bonds is 5. The Kier molecular flexibility index (Phi) is 6.14. The van der Waals surface area contributed by atoms with Gasteiger partial charge in [0.2, 0.25) is 0 Å². The number of aliphatic imine (C=N–C) groups is 1. The summed E-state index contributed by atoms with van der Waals surface area (Å²) >= 11 is 0. The van der Waals surface area contributed by atoms with Gasteiger partial charge in [0.15, 0.2) is 0 Å². The van der Waals surface area contributed by atoms with Crippen molar-refractivity contribution >= 4 is 11.4 Å². The van der Waals surface area contributed by atoms with E-state index in [1.165, 1.54) is 11.1 Å². The molecule has 0 atom stereocenters. The fraction of sp³-hybridized carbons (Fsp3) is 0.227. The van der Waals surface area contributed by atoms with Gasteiger partial charge in [0.1, 0.15) is 11.5 Å². The number of nitrogens with zero attached hydrogens (tertiary/aromatic N) is 1. The fourth-order valence-corrected chi connectivity index (χ4v) is 2.16. The SMILES string of the molecule is C/C=C(C)\C=C(/N=C(C)C)c1ccc(Oc2ccc(C)cc2)cc1. The second-order valence-electron chi connectivity index (χ2n) is 6.06. The van der Waals surface area contributed by atoms with E-state index in [1.807, 2.05) is 69.3 Å². The molecule has 0 heterocycles. The maximum Gasteiger partial charge on any atom is 0.127 e. The van der Waals surface area contributed by atoms with Crippen LogP contribution in [0.2, 0.25) is 0 Å². The predicted octanol–water partition coefficient (Wildman–Crippen LogP) is 6.58. The van der Waals surface area contributed by atoms with Crippen molar-refractivity contribution in [3.05, 3.63) is 77.4 Å². The largest absolute Gasteiger partial charge is 0.457 e. The average Bonchev–Trinajstić information content (AvgIpc) is 2.56. The molecule has 0 fully saturated rings. The van der Waals surface area contributed by atoms with E-state index in [0.717, 1.165) is 28.5 Å². The monoisotopic (exact) mass is 319 g/mol. The molecule has 0 saturated heterocycles. The molecule has 24 heavy (non-hydrogen) atoms. The molecule has 124 valence electrons. The summed E-state index contributed by atoms with van der Waals surface area (Å²) in [6.07, 6.45) is 4.18. The van der Waals surface area contributed by atoms with E-state index in [-0.39, 0.29) is 0 Å². The van der Waals surface area contributed by atoms with Gasteiger partial charge in [-0.2, -0.15) is 0 Å². The van der Waals surface area contributed by atoms with Gasteiger partial charge in [0, 0.05) is 11.3 Å². The second kappa shape index (κ2) is 8.30. The number of hydrogen-bond acceptors (Lipinski definition) is 2. The van der Waals surface area contributed by atoms with Gasteiger partial charge in [-0.15, -0.1) is 0 Å². The van der Waals surface area contributed by atoms with Crippen LogP contribution in [0.25, 0.3) is 5.70 Å². The first-order valence-corrected chi connectivity index (χ1v) is 8.19. The van der Waals surface area contributed by atoms with Crippen LogP contribution in [0.1, 0.15) is 38.8 Å². The minimum Gasteiger partial charge on any atom is -0.457 e. The summed E-state index contributed by atoms with van der Waals surface area (Å²) in [5, 5.41) is 0. The summed E-state index contributed by atoms with van der Waals surface area (Å²) in [7, 11) is 0. The fourth-order valence-electron chi connectivity index (χ4n) is 2.16. The Morgan fingerprint density at radius 3 is 1.92 bits per heavy atom. The Morgan fingerprint density at radius 2 is 1.42 bits per heavy atom. The van der Waals surface area contributed by atoms with Gasteiger partial charge in [-0.25, -0.2) is 0 Å². The predicted molar refractivity (Wildman–Crippen MR) is 104 cm³/mol. The zero-order valence-corrected chi connectivity index (χ0v) is 15.1. The van der Waals surface area contributed by atoms with Gasteiger partial charge in [-0.1, -0.05) is 29.3 Å². The lowest BCUT2D eigenvalue weighted by molar-refractivity contribution is 0.482. The first-order valence-electron chi connectivity index (χ1n) is 8.19. The molecule has 0 unspecified atom stereocenters. The van der Waals surface area contributed by atoms with Crippen molar-refractivity contribution < 1.29 is 4.74 Å². The third-order valence-corrected chi connectivity index (χ3v) is 3.57. The van der Waals surface area contributed by atoms with Gasteiger partial charge in [-0.3, -0.25) is 4.99 Å². The Balaban J connectivity index is 2.24. The van der Waals surface area contributed by atoms with Crippen LogP contribution in [0.4, 0.5) is 0 Å². The molecule has 0 radical (unpaired) electrons. The highest BCUT2D eigenvalue weighted by Gasteiger charge is 2.03. The highest BCUT2D eigenvalue weighted by Crippen LogP contribution is 2.25. The smallest absolute Gasteiger partial charge is 0.127 e. The summed E-state index contributed by atoms with van der Waals surface area (Å²) in [6, 6.07) is 16.1. The van der Waals surface area contributed by atoms with Gasteiger partial charge in [-0.05, 0) is 77.1 Å². The molecule has 2 nitrogen and oxygen atoms in total. The topological polar surface area (TPSA) is 21.6 Å². The van der Waals surface area contributed by atoms with Crippen molar-refractivity contribution in [2.45, 2.75) is 34.6 Å². The Bertz CT molecular complexity index is 759. The van der Waals surface area contributed by atoms with Crippen molar-refractivity contribution in [1.82, 2.24) is 0 Å². The third kappa shape index (κ3) is 5.24. The number of benzene rings is 2. The molecule has 2 rings (SSSR count). The quantitative estimate of drug-likeness (QED) is 0.451.